The van der Waals surface area contributed by atoms with Crippen LogP contribution < -0.4 is 4.74 Å². The minimum Gasteiger partial charge on any atom is -0.496 e. The van der Waals surface area contributed by atoms with Crippen molar-refractivity contribution in [2.24, 2.45) is 0 Å². The summed E-state index contributed by atoms with van der Waals surface area (Å²) in [6.45, 7) is 0. The summed E-state index contributed by atoms with van der Waals surface area (Å²) in [6.07, 6.45) is 3.38. The summed E-state index contributed by atoms with van der Waals surface area (Å²) in [5.74, 6) is 0.721. The number of aromatic nitrogens is 3. The molecule has 0 fully saturated rings. The minimum absolute atomic E-state index is 0.643. The second-order valence-electron chi connectivity index (χ2n) is 3.79. The first-order valence-electron chi connectivity index (χ1n) is 5.42. The third kappa shape index (κ3) is 1.71. The van der Waals surface area contributed by atoms with Crippen LogP contribution in [0.25, 0.3) is 16.8 Å². The standard InChI is InChI=1S/C13H10ClN3O/c1-18-12-7-9(14)4-5-10(12)11-3-2-6-17-13(11)15-8-16-17/h2-8H,1H3. The van der Waals surface area contributed by atoms with E-state index >= 15 is 0 Å². The van der Waals surface area contributed by atoms with Crippen molar-refractivity contribution < 1.29 is 4.74 Å². The van der Waals surface area contributed by atoms with Crippen LogP contribution in [0.15, 0.2) is 42.9 Å². The van der Waals surface area contributed by atoms with Gasteiger partial charge in [-0.25, -0.2) is 9.50 Å². The summed E-state index contributed by atoms with van der Waals surface area (Å²) >= 11 is 5.97. The third-order valence-corrected chi connectivity index (χ3v) is 2.99. The van der Waals surface area contributed by atoms with Crippen LogP contribution in [0.3, 0.4) is 0 Å². The smallest absolute Gasteiger partial charge is 0.163 e. The molecule has 0 amide bonds. The van der Waals surface area contributed by atoms with Crippen molar-refractivity contribution in [1.82, 2.24) is 14.6 Å². The van der Waals surface area contributed by atoms with Crippen LogP contribution in [0.5, 0.6) is 5.75 Å². The number of methoxy groups -OCH3 is 1. The molecular formula is C13H10ClN3O. The summed E-state index contributed by atoms with van der Waals surface area (Å²) in [4.78, 5) is 4.26. The Morgan fingerprint density at radius 1 is 1.22 bits per heavy atom. The van der Waals surface area contributed by atoms with E-state index in [9.17, 15) is 0 Å². The third-order valence-electron chi connectivity index (χ3n) is 2.76. The number of halogens is 1. The molecule has 0 unspecified atom stereocenters. The molecule has 2 aromatic heterocycles. The van der Waals surface area contributed by atoms with E-state index in [0.29, 0.717) is 5.02 Å². The van der Waals surface area contributed by atoms with E-state index in [1.54, 1.807) is 17.7 Å². The van der Waals surface area contributed by atoms with Gasteiger partial charge in [0.25, 0.3) is 0 Å². The van der Waals surface area contributed by atoms with Gasteiger partial charge >= 0.3 is 0 Å². The van der Waals surface area contributed by atoms with Gasteiger partial charge < -0.3 is 4.74 Å². The van der Waals surface area contributed by atoms with Gasteiger partial charge in [-0.3, -0.25) is 0 Å². The minimum atomic E-state index is 0.643. The molecule has 0 atom stereocenters. The Hall–Kier alpha value is -2.07. The van der Waals surface area contributed by atoms with Gasteiger partial charge in [-0.1, -0.05) is 11.6 Å². The molecule has 3 rings (SSSR count). The van der Waals surface area contributed by atoms with Crippen LogP contribution in [-0.4, -0.2) is 21.7 Å². The van der Waals surface area contributed by atoms with E-state index in [0.717, 1.165) is 22.5 Å². The first kappa shape index (κ1) is 11.0. The maximum Gasteiger partial charge on any atom is 0.163 e. The molecule has 0 aliphatic heterocycles. The van der Waals surface area contributed by atoms with E-state index in [1.807, 2.05) is 30.5 Å². The number of hydrogen-bond acceptors (Lipinski definition) is 3. The first-order valence-corrected chi connectivity index (χ1v) is 5.79. The number of nitrogens with zero attached hydrogens (tertiary/aromatic N) is 3. The number of rotatable bonds is 2. The van der Waals surface area contributed by atoms with E-state index < -0.39 is 0 Å². The molecule has 0 saturated heterocycles. The molecule has 0 saturated carbocycles. The lowest BCUT2D eigenvalue weighted by molar-refractivity contribution is 0.416. The molecule has 1 aromatic carbocycles. The van der Waals surface area contributed by atoms with Crippen LogP contribution in [0.2, 0.25) is 5.02 Å². The Morgan fingerprint density at radius 3 is 2.94 bits per heavy atom. The zero-order valence-electron chi connectivity index (χ0n) is 9.67. The van der Waals surface area contributed by atoms with Crippen molar-refractivity contribution in [3.8, 4) is 16.9 Å². The van der Waals surface area contributed by atoms with Gasteiger partial charge in [0, 0.05) is 22.3 Å². The second kappa shape index (κ2) is 4.31. The van der Waals surface area contributed by atoms with Crippen LogP contribution in [0.1, 0.15) is 0 Å². The zero-order valence-corrected chi connectivity index (χ0v) is 10.4. The molecule has 18 heavy (non-hydrogen) atoms. The number of ether oxygens (including phenoxy) is 1. The summed E-state index contributed by atoms with van der Waals surface area (Å²) in [6, 6.07) is 9.45. The van der Waals surface area contributed by atoms with Crippen molar-refractivity contribution in [2.75, 3.05) is 7.11 Å². The molecule has 90 valence electrons. The number of hydrogen-bond donors (Lipinski definition) is 0. The quantitative estimate of drug-likeness (QED) is 0.710. The molecule has 0 bridgehead atoms. The van der Waals surface area contributed by atoms with Crippen molar-refractivity contribution in [1.29, 1.82) is 0 Å². The predicted molar refractivity (Wildman–Crippen MR) is 70.0 cm³/mol. The molecular weight excluding hydrogens is 250 g/mol. The Kier molecular flexibility index (Phi) is 2.64. The fourth-order valence-electron chi connectivity index (χ4n) is 1.95. The number of pyridine rings is 1. The Labute approximate surface area is 109 Å². The lowest BCUT2D eigenvalue weighted by Crippen LogP contribution is -1.92. The van der Waals surface area contributed by atoms with Crippen LogP contribution in [-0.2, 0) is 0 Å². The first-order chi connectivity index (χ1) is 8.79. The van der Waals surface area contributed by atoms with Crippen LogP contribution >= 0.6 is 11.6 Å². The van der Waals surface area contributed by atoms with Crippen molar-refractivity contribution in [3.05, 3.63) is 47.9 Å². The van der Waals surface area contributed by atoms with Crippen molar-refractivity contribution in [3.63, 3.8) is 0 Å². The summed E-state index contributed by atoms with van der Waals surface area (Å²) in [7, 11) is 1.62. The summed E-state index contributed by atoms with van der Waals surface area (Å²) < 4.78 is 7.09. The zero-order chi connectivity index (χ0) is 12.5. The fourth-order valence-corrected chi connectivity index (χ4v) is 2.11. The molecule has 5 heteroatoms. The lowest BCUT2D eigenvalue weighted by atomic mass is 10.1. The largest absolute Gasteiger partial charge is 0.496 e. The van der Waals surface area contributed by atoms with Crippen molar-refractivity contribution >= 4 is 17.2 Å². The Bertz CT molecular complexity index is 708. The average Bonchev–Trinajstić information content (AvgIpc) is 2.86. The van der Waals surface area contributed by atoms with E-state index in [1.165, 1.54) is 6.33 Å². The normalized spacial score (nSPS) is 10.8. The van der Waals surface area contributed by atoms with Crippen LogP contribution in [0, 0.1) is 0 Å². The average molecular weight is 260 g/mol. The fraction of sp³-hybridized carbons (Fsp3) is 0.0769. The highest BCUT2D eigenvalue weighted by Gasteiger charge is 2.11. The molecule has 0 N–H and O–H groups in total. The van der Waals surface area contributed by atoms with Gasteiger partial charge in [-0.2, -0.15) is 5.10 Å². The lowest BCUT2D eigenvalue weighted by Gasteiger charge is -2.09. The van der Waals surface area contributed by atoms with E-state index in [4.69, 9.17) is 16.3 Å². The molecule has 0 aliphatic carbocycles. The molecule has 0 spiro atoms. The van der Waals surface area contributed by atoms with Gasteiger partial charge in [0.1, 0.15) is 12.1 Å². The molecule has 0 radical (unpaired) electrons. The highest BCUT2D eigenvalue weighted by Crippen LogP contribution is 2.33. The maximum absolute atomic E-state index is 5.97. The van der Waals surface area contributed by atoms with Crippen LogP contribution in [0.4, 0.5) is 0 Å². The molecule has 3 aromatic rings. The highest BCUT2D eigenvalue weighted by molar-refractivity contribution is 6.30. The Balaban J connectivity index is 2.29. The maximum atomic E-state index is 5.97. The Morgan fingerprint density at radius 2 is 2.11 bits per heavy atom. The molecule has 0 aliphatic rings. The highest BCUT2D eigenvalue weighted by atomic mass is 35.5. The number of fused-ring (bicyclic) bond motifs is 1. The predicted octanol–water partition coefficient (Wildman–Crippen LogP) is 3.06. The molecule has 2 heterocycles. The van der Waals surface area contributed by atoms with Crippen molar-refractivity contribution in [2.45, 2.75) is 0 Å². The van der Waals surface area contributed by atoms with E-state index in [2.05, 4.69) is 10.1 Å². The SMILES string of the molecule is COc1cc(Cl)ccc1-c1cccn2ncnc12. The monoisotopic (exact) mass is 259 g/mol. The van der Waals surface area contributed by atoms with Gasteiger partial charge in [-0.15, -0.1) is 0 Å². The topological polar surface area (TPSA) is 39.4 Å². The summed E-state index contributed by atoms with van der Waals surface area (Å²) in [5.41, 5.74) is 2.70. The van der Waals surface area contributed by atoms with Gasteiger partial charge in [-0.05, 0) is 30.3 Å². The van der Waals surface area contributed by atoms with Gasteiger partial charge in [0.2, 0.25) is 0 Å². The van der Waals surface area contributed by atoms with Gasteiger partial charge in [0.15, 0.2) is 5.65 Å². The molecule has 4 nitrogen and oxygen atoms in total. The van der Waals surface area contributed by atoms with E-state index in [-0.39, 0.29) is 0 Å². The number of benzene rings is 1. The van der Waals surface area contributed by atoms with Gasteiger partial charge in [0.05, 0.1) is 7.11 Å². The second-order valence-corrected chi connectivity index (χ2v) is 4.23. The summed E-state index contributed by atoms with van der Waals surface area (Å²) in [5, 5.41) is 4.76.